The monoisotopic (exact) mass is 252 g/mol. The maximum absolute atomic E-state index is 11.6. The van der Waals surface area contributed by atoms with Crippen molar-refractivity contribution in [1.29, 1.82) is 0 Å². The van der Waals surface area contributed by atoms with Gasteiger partial charge < -0.3 is 0 Å². The Morgan fingerprint density at radius 1 is 1.05 bits per heavy atom. The normalized spacial score (nSPS) is 11.4. The Morgan fingerprint density at radius 2 is 1.74 bits per heavy atom. The first-order chi connectivity index (χ1) is 9.20. The number of nitrogens with zero attached hydrogens (tertiary/aromatic N) is 2. The molecule has 0 spiro atoms. The van der Waals surface area contributed by atoms with Crippen LogP contribution in [-0.4, -0.2) is 16.5 Å². The van der Waals surface area contributed by atoms with Crippen molar-refractivity contribution in [3.05, 3.63) is 59.9 Å². The lowest BCUT2D eigenvalue weighted by atomic mass is 10.2. The van der Waals surface area contributed by atoms with Crippen LogP contribution in [-0.2, 0) is 0 Å². The minimum atomic E-state index is 0.0503. The molecule has 1 aromatic heterocycles. The van der Waals surface area contributed by atoms with Crippen molar-refractivity contribution < 1.29 is 4.79 Å². The van der Waals surface area contributed by atoms with Crippen LogP contribution in [0.1, 0.15) is 36.5 Å². The molecule has 2 aromatic rings. The first kappa shape index (κ1) is 13.1. The molecule has 0 bridgehead atoms. The van der Waals surface area contributed by atoms with Gasteiger partial charge in [0.25, 0.3) is 0 Å². The molecule has 1 heterocycles. The van der Waals surface area contributed by atoms with E-state index < -0.39 is 0 Å². The molecular formula is C16H16N2O. The molecule has 0 aliphatic rings. The van der Waals surface area contributed by atoms with Crippen molar-refractivity contribution in [1.82, 2.24) is 4.98 Å². The van der Waals surface area contributed by atoms with Crippen molar-refractivity contribution in [2.75, 3.05) is 0 Å². The van der Waals surface area contributed by atoms with Crippen LogP contribution in [0.5, 0.6) is 0 Å². The molecule has 0 unspecified atom stereocenters. The quantitative estimate of drug-likeness (QED) is 0.613. The predicted octanol–water partition coefficient (Wildman–Crippen LogP) is 3.82. The summed E-state index contributed by atoms with van der Waals surface area (Å²) in [6.45, 7) is 3.73. The Labute approximate surface area is 113 Å². The molecule has 19 heavy (non-hydrogen) atoms. The second-order valence-corrected chi connectivity index (χ2v) is 4.22. The molecule has 0 aliphatic heterocycles. The number of Topliss-reactive ketones (excluding diaryl/α,β-unsaturated/α-hetero) is 1. The third-order valence-corrected chi connectivity index (χ3v) is 2.78. The van der Waals surface area contributed by atoms with Gasteiger partial charge >= 0.3 is 0 Å². The number of para-hydroxylation sites is 1. The molecule has 1 aromatic carbocycles. The van der Waals surface area contributed by atoms with E-state index in [0.717, 1.165) is 17.1 Å². The van der Waals surface area contributed by atoms with Gasteiger partial charge in [0.15, 0.2) is 5.78 Å². The van der Waals surface area contributed by atoms with Gasteiger partial charge in [0, 0.05) is 6.42 Å². The highest BCUT2D eigenvalue weighted by Gasteiger charge is 2.07. The average molecular weight is 252 g/mol. The van der Waals surface area contributed by atoms with Gasteiger partial charge in [0.05, 0.1) is 17.1 Å². The summed E-state index contributed by atoms with van der Waals surface area (Å²) in [5.74, 6) is 0.0503. The number of pyridine rings is 1. The summed E-state index contributed by atoms with van der Waals surface area (Å²) in [5, 5.41) is 0. The van der Waals surface area contributed by atoms with Crippen LogP contribution in [0.15, 0.2) is 53.5 Å². The fourth-order valence-corrected chi connectivity index (χ4v) is 1.73. The molecule has 0 aliphatic carbocycles. The number of carbonyl (C=O) groups excluding carboxylic acids is 1. The van der Waals surface area contributed by atoms with E-state index in [-0.39, 0.29) is 5.78 Å². The average Bonchev–Trinajstić information content (AvgIpc) is 2.47. The lowest BCUT2D eigenvalue weighted by Crippen LogP contribution is -2.05. The van der Waals surface area contributed by atoms with Crippen LogP contribution >= 0.6 is 0 Å². The summed E-state index contributed by atoms with van der Waals surface area (Å²) in [7, 11) is 0. The van der Waals surface area contributed by atoms with E-state index >= 15 is 0 Å². The highest BCUT2D eigenvalue weighted by molar-refractivity contribution is 6.00. The number of aromatic nitrogens is 1. The zero-order chi connectivity index (χ0) is 13.7. The SMILES string of the molecule is CCC(=O)c1cccc(/C(C)=N/c2ccccc2)n1. The zero-order valence-electron chi connectivity index (χ0n) is 11.1. The number of hydrogen-bond acceptors (Lipinski definition) is 3. The Morgan fingerprint density at radius 3 is 2.42 bits per heavy atom. The molecular weight excluding hydrogens is 236 g/mol. The van der Waals surface area contributed by atoms with Crippen molar-refractivity contribution in [2.24, 2.45) is 4.99 Å². The standard InChI is InChI=1S/C16H16N2O/c1-3-16(19)15-11-7-10-14(18-15)12(2)17-13-8-5-4-6-9-13/h4-11H,3H2,1-2H3/b17-12+. The van der Waals surface area contributed by atoms with Crippen molar-refractivity contribution in [2.45, 2.75) is 20.3 Å². The van der Waals surface area contributed by atoms with Gasteiger partial charge in [-0.15, -0.1) is 0 Å². The first-order valence-electron chi connectivity index (χ1n) is 6.31. The summed E-state index contributed by atoms with van der Waals surface area (Å²) < 4.78 is 0. The fourth-order valence-electron chi connectivity index (χ4n) is 1.73. The highest BCUT2D eigenvalue weighted by Crippen LogP contribution is 2.12. The maximum Gasteiger partial charge on any atom is 0.180 e. The molecule has 0 N–H and O–H groups in total. The molecule has 0 atom stereocenters. The number of carbonyl (C=O) groups is 1. The van der Waals surface area contributed by atoms with Crippen molar-refractivity contribution in [3.8, 4) is 0 Å². The predicted molar refractivity (Wildman–Crippen MR) is 77.2 cm³/mol. The van der Waals surface area contributed by atoms with Gasteiger partial charge in [-0.25, -0.2) is 4.98 Å². The van der Waals surface area contributed by atoms with E-state index in [2.05, 4.69) is 9.98 Å². The molecule has 0 fully saturated rings. The number of rotatable bonds is 4. The molecule has 0 amide bonds. The van der Waals surface area contributed by atoms with E-state index in [1.54, 1.807) is 6.07 Å². The number of hydrogen-bond donors (Lipinski definition) is 0. The number of benzene rings is 1. The smallest absolute Gasteiger partial charge is 0.180 e. The van der Waals surface area contributed by atoms with E-state index in [1.807, 2.05) is 56.3 Å². The number of ketones is 1. The molecule has 0 saturated heterocycles. The summed E-state index contributed by atoms with van der Waals surface area (Å²) in [6.07, 6.45) is 0.464. The lowest BCUT2D eigenvalue weighted by molar-refractivity contribution is 0.0983. The van der Waals surface area contributed by atoms with Gasteiger partial charge in [0.2, 0.25) is 0 Å². The van der Waals surface area contributed by atoms with Gasteiger partial charge in [-0.2, -0.15) is 0 Å². The lowest BCUT2D eigenvalue weighted by Gasteiger charge is -2.03. The Bertz CT molecular complexity index is 603. The third-order valence-electron chi connectivity index (χ3n) is 2.78. The van der Waals surface area contributed by atoms with Gasteiger partial charge in [-0.1, -0.05) is 31.2 Å². The minimum absolute atomic E-state index is 0.0503. The topological polar surface area (TPSA) is 42.3 Å². The molecule has 96 valence electrons. The third kappa shape index (κ3) is 3.35. The van der Waals surface area contributed by atoms with Crippen LogP contribution in [0, 0.1) is 0 Å². The Balaban J connectivity index is 2.31. The van der Waals surface area contributed by atoms with Crippen LogP contribution in [0.2, 0.25) is 0 Å². The summed E-state index contributed by atoms with van der Waals surface area (Å²) in [5.41, 5.74) is 2.93. The molecule has 3 heteroatoms. The Kier molecular flexibility index (Phi) is 4.18. The largest absolute Gasteiger partial charge is 0.292 e. The van der Waals surface area contributed by atoms with Crippen LogP contribution in [0.3, 0.4) is 0 Å². The van der Waals surface area contributed by atoms with Gasteiger partial charge in [-0.05, 0) is 31.2 Å². The van der Waals surface area contributed by atoms with E-state index in [1.165, 1.54) is 0 Å². The van der Waals surface area contributed by atoms with Crippen LogP contribution < -0.4 is 0 Å². The second-order valence-electron chi connectivity index (χ2n) is 4.22. The first-order valence-corrected chi connectivity index (χ1v) is 6.31. The fraction of sp³-hybridized carbons (Fsp3) is 0.188. The van der Waals surface area contributed by atoms with Crippen LogP contribution in [0.25, 0.3) is 0 Å². The summed E-state index contributed by atoms with van der Waals surface area (Å²) in [6, 6.07) is 15.2. The zero-order valence-corrected chi connectivity index (χ0v) is 11.1. The highest BCUT2D eigenvalue weighted by atomic mass is 16.1. The van der Waals surface area contributed by atoms with Crippen LogP contribution in [0.4, 0.5) is 5.69 Å². The number of aliphatic imine (C=N–C) groups is 1. The van der Waals surface area contributed by atoms with E-state index in [0.29, 0.717) is 12.1 Å². The minimum Gasteiger partial charge on any atom is -0.292 e. The summed E-state index contributed by atoms with van der Waals surface area (Å²) >= 11 is 0. The van der Waals surface area contributed by atoms with Gasteiger partial charge in [-0.3, -0.25) is 9.79 Å². The second kappa shape index (κ2) is 6.05. The molecule has 3 nitrogen and oxygen atoms in total. The molecule has 2 rings (SSSR count). The molecule has 0 saturated carbocycles. The summed E-state index contributed by atoms with van der Waals surface area (Å²) in [4.78, 5) is 20.5. The van der Waals surface area contributed by atoms with E-state index in [9.17, 15) is 4.79 Å². The molecule has 0 radical (unpaired) electrons. The maximum atomic E-state index is 11.6. The van der Waals surface area contributed by atoms with Gasteiger partial charge in [0.1, 0.15) is 5.69 Å². The van der Waals surface area contributed by atoms with Crippen molar-refractivity contribution in [3.63, 3.8) is 0 Å². The van der Waals surface area contributed by atoms with Crippen molar-refractivity contribution >= 4 is 17.2 Å². The van der Waals surface area contributed by atoms with E-state index in [4.69, 9.17) is 0 Å². The Hall–Kier alpha value is -2.29.